The molecule has 0 atom stereocenters. The highest BCUT2D eigenvalue weighted by Gasteiger charge is 2.35. The lowest BCUT2D eigenvalue weighted by Crippen LogP contribution is -2.32. The first kappa shape index (κ1) is 10.1. The molecule has 3 N–H and O–H groups in total. The zero-order valence-corrected chi connectivity index (χ0v) is 8.11. The second kappa shape index (κ2) is 3.41. The Labute approximate surface area is 82.4 Å². The zero-order valence-electron chi connectivity index (χ0n) is 6.52. The summed E-state index contributed by atoms with van der Waals surface area (Å²) < 4.78 is 26.7. The molecule has 0 aliphatic carbocycles. The van der Waals surface area contributed by atoms with Gasteiger partial charge in [0.15, 0.2) is 5.84 Å². The van der Waals surface area contributed by atoms with E-state index in [0.717, 1.165) is 0 Å². The fraction of sp³-hybridized carbons (Fsp3) is 0.125. The van der Waals surface area contributed by atoms with Crippen molar-refractivity contribution in [2.45, 2.75) is 5.92 Å². The van der Waals surface area contributed by atoms with Gasteiger partial charge in [0.05, 0.1) is 0 Å². The van der Waals surface area contributed by atoms with Crippen LogP contribution in [0.2, 0.25) is 0 Å². The number of hydrogen-bond donors (Lipinski definition) is 2. The Morgan fingerprint density at radius 1 is 1.46 bits per heavy atom. The monoisotopic (exact) mass is 248 g/mol. The smallest absolute Gasteiger partial charge is 0.328 e. The van der Waals surface area contributed by atoms with Gasteiger partial charge < -0.3 is 5.73 Å². The number of benzene rings is 1. The average Bonchev–Trinajstić information content (AvgIpc) is 2.04. The van der Waals surface area contributed by atoms with Gasteiger partial charge in [-0.2, -0.15) is 8.78 Å². The number of hydrogen-bond acceptors (Lipinski definition) is 1. The summed E-state index contributed by atoms with van der Waals surface area (Å²) in [5.74, 6) is -4.53. The standard InChI is InChI=1S/C8H7BrF2N2/c9-6-3-1-2-5(4-6)8(10,11)7(12)13/h1-4H,(H3,12,13). The van der Waals surface area contributed by atoms with E-state index in [9.17, 15) is 8.78 Å². The summed E-state index contributed by atoms with van der Waals surface area (Å²) >= 11 is 3.06. The van der Waals surface area contributed by atoms with Crippen LogP contribution in [-0.4, -0.2) is 5.84 Å². The van der Waals surface area contributed by atoms with Gasteiger partial charge in [0.25, 0.3) is 0 Å². The second-order valence-electron chi connectivity index (χ2n) is 2.50. The van der Waals surface area contributed by atoms with Gasteiger partial charge in [0.2, 0.25) is 0 Å². The van der Waals surface area contributed by atoms with Crippen LogP contribution in [0, 0.1) is 5.41 Å². The molecule has 0 heterocycles. The van der Waals surface area contributed by atoms with E-state index in [0.29, 0.717) is 4.47 Å². The lowest BCUT2D eigenvalue weighted by atomic mass is 10.1. The van der Waals surface area contributed by atoms with Gasteiger partial charge in [-0.25, -0.2) is 0 Å². The Morgan fingerprint density at radius 3 is 2.54 bits per heavy atom. The van der Waals surface area contributed by atoms with Crippen LogP contribution in [-0.2, 0) is 5.92 Å². The van der Waals surface area contributed by atoms with Gasteiger partial charge in [0.1, 0.15) is 0 Å². The summed E-state index contributed by atoms with van der Waals surface area (Å²) in [4.78, 5) is 0. The molecule has 0 fully saturated rings. The summed E-state index contributed by atoms with van der Waals surface area (Å²) in [6, 6.07) is 5.56. The van der Waals surface area contributed by atoms with Crippen molar-refractivity contribution in [2.24, 2.45) is 5.73 Å². The van der Waals surface area contributed by atoms with Crippen LogP contribution >= 0.6 is 15.9 Å². The number of rotatable bonds is 2. The van der Waals surface area contributed by atoms with Crippen LogP contribution in [0.25, 0.3) is 0 Å². The third kappa shape index (κ3) is 2.03. The number of nitrogens with two attached hydrogens (primary N) is 1. The predicted molar refractivity (Wildman–Crippen MR) is 50.0 cm³/mol. The Hall–Kier alpha value is -0.970. The molecule has 1 rings (SSSR count). The van der Waals surface area contributed by atoms with Gasteiger partial charge in [-0.05, 0) is 12.1 Å². The second-order valence-corrected chi connectivity index (χ2v) is 3.41. The van der Waals surface area contributed by atoms with E-state index in [1.165, 1.54) is 18.2 Å². The van der Waals surface area contributed by atoms with E-state index in [2.05, 4.69) is 15.9 Å². The van der Waals surface area contributed by atoms with E-state index < -0.39 is 11.8 Å². The number of alkyl halides is 2. The molecule has 1 aromatic rings. The highest BCUT2D eigenvalue weighted by molar-refractivity contribution is 9.10. The summed E-state index contributed by atoms with van der Waals surface area (Å²) in [7, 11) is 0. The van der Waals surface area contributed by atoms with E-state index in [4.69, 9.17) is 11.1 Å². The molecule has 70 valence electrons. The predicted octanol–water partition coefficient (Wildman–Crippen LogP) is 2.48. The van der Waals surface area contributed by atoms with Crippen molar-refractivity contribution in [1.82, 2.24) is 0 Å². The third-order valence-electron chi connectivity index (χ3n) is 1.53. The first-order valence-corrected chi connectivity index (χ1v) is 4.22. The first-order valence-electron chi connectivity index (χ1n) is 3.43. The van der Waals surface area contributed by atoms with Crippen LogP contribution in [0.15, 0.2) is 28.7 Å². The molecule has 0 bridgehead atoms. The number of nitrogens with one attached hydrogen (secondary N) is 1. The fourth-order valence-corrected chi connectivity index (χ4v) is 1.24. The molecule has 2 nitrogen and oxygen atoms in total. The van der Waals surface area contributed by atoms with Gasteiger partial charge in [-0.15, -0.1) is 0 Å². The molecule has 0 unspecified atom stereocenters. The zero-order chi connectivity index (χ0) is 10.1. The van der Waals surface area contributed by atoms with Crippen molar-refractivity contribution in [3.63, 3.8) is 0 Å². The third-order valence-corrected chi connectivity index (χ3v) is 2.02. The number of amidine groups is 1. The Kier molecular flexibility index (Phi) is 2.66. The molecule has 0 amide bonds. The minimum Gasteiger partial charge on any atom is -0.382 e. The highest BCUT2D eigenvalue weighted by atomic mass is 79.9. The van der Waals surface area contributed by atoms with E-state index >= 15 is 0 Å². The molecule has 0 spiro atoms. The van der Waals surface area contributed by atoms with Gasteiger partial charge in [-0.1, -0.05) is 28.1 Å². The maximum Gasteiger partial charge on any atom is 0.328 e. The topological polar surface area (TPSA) is 49.9 Å². The average molecular weight is 249 g/mol. The van der Waals surface area contributed by atoms with Crippen LogP contribution in [0.5, 0.6) is 0 Å². The summed E-state index contributed by atoms with van der Waals surface area (Å²) in [5.41, 5.74) is 4.49. The summed E-state index contributed by atoms with van der Waals surface area (Å²) in [6.45, 7) is 0. The Morgan fingerprint density at radius 2 is 2.08 bits per heavy atom. The SMILES string of the molecule is N=C(N)C(F)(F)c1cccc(Br)c1. The largest absolute Gasteiger partial charge is 0.382 e. The van der Waals surface area contributed by atoms with Crippen molar-refractivity contribution in [2.75, 3.05) is 0 Å². The minimum absolute atomic E-state index is 0.283. The van der Waals surface area contributed by atoms with Gasteiger partial charge in [-0.3, -0.25) is 5.41 Å². The minimum atomic E-state index is -3.39. The molecular weight excluding hydrogens is 242 g/mol. The lowest BCUT2D eigenvalue weighted by molar-refractivity contribution is 0.0734. The summed E-state index contributed by atoms with van der Waals surface area (Å²) in [6.07, 6.45) is 0. The highest BCUT2D eigenvalue weighted by Crippen LogP contribution is 2.29. The lowest BCUT2D eigenvalue weighted by Gasteiger charge is -2.14. The van der Waals surface area contributed by atoms with Crippen LogP contribution < -0.4 is 5.73 Å². The van der Waals surface area contributed by atoms with Crippen molar-refractivity contribution in [3.05, 3.63) is 34.3 Å². The van der Waals surface area contributed by atoms with E-state index in [1.807, 2.05) is 0 Å². The van der Waals surface area contributed by atoms with Crippen LogP contribution in [0.1, 0.15) is 5.56 Å². The number of halogens is 3. The fourth-order valence-electron chi connectivity index (χ4n) is 0.839. The first-order chi connectivity index (χ1) is 5.94. The maximum atomic E-state index is 13.1. The molecule has 0 aliphatic heterocycles. The summed E-state index contributed by atoms with van der Waals surface area (Å²) in [5, 5.41) is 6.72. The molecule has 0 aliphatic rings. The van der Waals surface area contributed by atoms with Crippen molar-refractivity contribution < 1.29 is 8.78 Å². The Balaban J connectivity index is 3.14. The maximum absolute atomic E-state index is 13.1. The Bertz CT molecular complexity index is 339. The van der Waals surface area contributed by atoms with Gasteiger partial charge >= 0.3 is 5.92 Å². The quantitative estimate of drug-likeness (QED) is 0.613. The van der Waals surface area contributed by atoms with E-state index in [-0.39, 0.29) is 5.56 Å². The molecule has 1 aromatic carbocycles. The molecule has 0 saturated heterocycles. The molecule has 0 radical (unpaired) electrons. The van der Waals surface area contributed by atoms with Crippen LogP contribution in [0.3, 0.4) is 0 Å². The van der Waals surface area contributed by atoms with Crippen LogP contribution in [0.4, 0.5) is 8.78 Å². The molecule has 0 aromatic heterocycles. The molecular formula is C8H7BrF2N2. The molecule has 13 heavy (non-hydrogen) atoms. The normalized spacial score (nSPS) is 11.3. The van der Waals surface area contributed by atoms with Crippen molar-refractivity contribution >= 4 is 21.8 Å². The van der Waals surface area contributed by atoms with Gasteiger partial charge in [0, 0.05) is 10.0 Å². The van der Waals surface area contributed by atoms with Crippen molar-refractivity contribution in [3.8, 4) is 0 Å². The molecule has 5 heteroatoms. The van der Waals surface area contributed by atoms with Crippen molar-refractivity contribution in [1.29, 1.82) is 5.41 Å². The molecule has 0 saturated carbocycles. The van der Waals surface area contributed by atoms with E-state index in [1.54, 1.807) is 6.07 Å².